The molecule has 2 unspecified atom stereocenters. The van der Waals surface area contributed by atoms with Gasteiger partial charge < -0.3 is 11.1 Å². The third-order valence-corrected chi connectivity index (χ3v) is 5.11. The predicted molar refractivity (Wildman–Crippen MR) is 98.6 cm³/mol. The molecule has 0 bridgehead atoms. The van der Waals surface area contributed by atoms with Crippen LogP contribution in [0.25, 0.3) is 11.0 Å². The molecule has 1 aromatic heterocycles. The summed E-state index contributed by atoms with van der Waals surface area (Å²) in [7, 11) is 3.47. The number of benzene rings is 1. The third-order valence-electron chi connectivity index (χ3n) is 5.11. The van der Waals surface area contributed by atoms with Gasteiger partial charge in [-0.05, 0) is 38.0 Å². The molecule has 1 fully saturated rings. The molecule has 0 radical (unpaired) electrons. The van der Waals surface area contributed by atoms with Crippen LogP contribution < -0.4 is 16.7 Å². The van der Waals surface area contributed by atoms with Gasteiger partial charge in [-0.3, -0.25) is 13.9 Å². The van der Waals surface area contributed by atoms with E-state index in [1.807, 2.05) is 25.1 Å². The summed E-state index contributed by atoms with van der Waals surface area (Å²) in [5.74, 6) is -0.207. The highest BCUT2D eigenvalue weighted by Crippen LogP contribution is 2.32. The number of imidazole rings is 1. The van der Waals surface area contributed by atoms with Gasteiger partial charge in [0.2, 0.25) is 5.91 Å². The molecule has 1 aliphatic rings. The van der Waals surface area contributed by atoms with E-state index in [0.29, 0.717) is 5.69 Å². The Kier molecular flexibility index (Phi) is 5.11. The van der Waals surface area contributed by atoms with Crippen molar-refractivity contribution in [1.82, 2.24) is 9.13 Å². The van der Waals surface area contributed by atoms with Crippen molar-refractivity contribution < 1.29 is 4.79 Å². The number of rotatable bonds is 2. The van der Waals surface area contributed by atoms with Crippen LogP contribution in [0.5, 0.6) is 0 Å². The largest absolute Gasteiger partial charge is 0.328 e. The summed E-state index contributed by atoms with van der Waals surface area (Å²) in [4.78, 5) is 24.6. The van der Waals surface area contributed by atoms with Gasteiger partial charge in [0.25, 0.3) is 0 Å². The number of fused-ring (bicyclic) bond motifs is 1. The molecular weight excluding hydrogens is 328 g/mol. The Labute approximate surface area is 147 Å². The molecule has 132 valence electrons. The number of hydrogen-bond donors (Lipinski definition) is 2. The van der Waals surface area contributed by atoms with Crippen LogP contribution in [-0.2, 0) is 18.9 Å². The highest BCUT2D eigenvalue weighted by molar-refractivity contribution is 5.95. The lowest BCUT2D eigenvalue weighted by Gasteiger charge is -2.37. The molecule has 1 heterocycles. The highest BCUT2D eigenvalue weighted by atomic mass is 35.5. The number of carbonyl (C=O) groups excluding carboxylic acids is 1. The fraction of sp³-hybridized carbons (Fsp3) is 0.529. The molecule has 3 N–H and O–H groups in total. The lowest BCUT2D eigenvalue weighted by molar-refractivity contribution is -0.122. The van der Waals surface area contributed by atoms with E-state index >= 15 is 0 Å². The lowest BCUT2D eigenvalue weighted by atomic mass is 9.74. The van der Waals surface area contributed by atoms with E-state index in [4.69, 9.17) is 5.73 Å². The molecule has 3 rings (SSSR count). The average molecular weight is 353 g/mol. The number of halogens is 1. The minimum absolute atomic E-state index is 0. The van der Waals surface area contributed by atoms with Gasteiger partial charge >= 0.3 is 5.69 Å². The minimum Gasteiger partial charge on any atom is -0.326 e. The monoisotopic (exact) mass is 352 g/mol. The van der Waals surface area contributed by atoms with Crippen LogP contribution in [0.2, 0.25) is 0 Å². The Morgan fingerprint density at radius 1 is 1.25 bits per heavy atom. The number of amides is 1. The molecule has 2 atom stereocenters. The summed E-state index contributed by atoms with van der Waals surface area (Å²) < 4.78 is 3.18. The fourth-order valence-electron chi connectivity index (χ4n) is 3.60. The Hall–Kier alpha value is -1.79. The van der Waals surface area contributed by atoms with E-state index in [-0.39, 0.29) is 29.9 Å². The van der Waals surface area contributed by atoms with Crippen molar-refractivity contribution in [2.24, 2.45) is 25.7 Å². The molecule has 1 amide bonds. The molecule has 0 aliphatic heterocycles. The van der Waals surface area contributed by atoms with Crippen LogP contribution in [0.3, 0.4) is 0 Å². The zero-order valence-corrected chi connectivity index (χ0v) is 15.2. The van der Waals surface area contributed by atoms with Crippen LogP contribution in [0, 0.1) is 5.92 Å². The Morgan fingerprint density at radius 3 is 2.58 bits per heavy atom. The third kappa shape index (κ3) is 3.08. The van der Waals surface area contributed by atoms with E-state index in [9.17, 15) is 9.59 Å². The maximum Gasteiger partial charge on any atom is 0.328 e. The second kappa shape index (κ2) is 6.61. The van der Waals surface area contributed by atoms with Gasteiger partial charge in [-0.25, -0.2) is 4.79 Å². The minimum atomic E-state index is -0.452. The predicted octanol–water partition coefficient (Wildman–Crippen LogP) is 2.14. The second-order valence-corrected chi connectivity index (χ2v) is 6.90. The molecule has 0 saturated heterocycles. The van der Waals surface area contributed by atoms with Crippen molar-refractivity contribution in [2.75, 3.05) is 5.32 Å². The number of nitrogens with zero attached hydrogens (tertiary/aromatic N) is 2. The Morgan fingerprint density at radius 2 is 1.92 bits per heavy atom. The van der Waals surface area contributed by atoms with Crippen LogP contribution >= 0.6 is 12.4 Å². The van der Waals surface area contributed by atoms with Gasteiger partial charge in [-0.1, -0.05) is 12.8 Å². The number of aromatic nitrogens is 2. The summed E-state index contributed by atoms with van der Waals surface area (Å²) in [5, 5.41) is 2.97. The Bertz CT molecular complexity index is 822. The summed E-state index contributed by atoms with van der Waals surface area (Å²) in [6.45, 7) is 1.96. The average Bonchev–Trinajstić information content (AvgIpc) is 2.71. The van der Waals surface area contributed by atoms with Crippen LogP contribution in [0.1, 0.15) is 32.6 Å². The molecule has 1 aliphatic carbocycles. The standard InChI is InChI=1S/C17H24N4O2.ClH/c1-17(18)9-5-4-6-12(17)15(22)19-11-7-8-13-14(10-11)21(3)16(23)20(13)2;/h7-8,10,12H,4-6,9,18H2,1-3H3,(H,19,22);1H. The van der Waals surface area contributed by atoms with Gasteiger partial charge in [0, 0.05) is 25.3 Å². The zero-order chi connectivity index (χ0) is 16.8. The summed E-state index contributed by atoms with van der Waals surface area (Å²) in [5.41, 5.74) is 8.12. The first-order valence-electron chi connectivity index (χ1n) is 8.06. The van der Waals surface area contributed by atoms with Crippen molar-refractivity contribution in [2.45, 2.75) is 38.1 Å². The number of carbonyl (C=O) groups is 1. The van der Waals surface area contributed by atoms with Crippen molar-refractivity contribution in [3.63, 3.8) is 0 Å². The molecule has 2 aromatic rings. The first-order valence-corrected chi connectivity index (χ1v) is 8.06. The van der Waals surface area contributed by atoms with E-state index in [0.717, 1.165) is 36.7 Å². The first-order chi connectivity index (χ1) is 10.8. The van der Waals surface area contributed by atoms with Gasteiger partial charge in [0.05, 0.1) is 17.0 Å². The lowest BCUT2D eigenvalue weighted by Crippen LogP contribution is -2.51. The van der Waals surface area contributed by atoms with Crippen molar-refractivity contribution in [1.29, 1.82) is 0 Å². The van der Waals surface area contributed by atoms with E-state index in [2.05, 4.69) is 5.32 Å². The topological polar surface area (TPSA) is 82.0 Å². The number of nitrogens with one attached hydrogen (secondary N) is 1. The molecule has 6 nitrogen and oxygen atoms in total. The number of hydrogen-bond acceptors (Lipinski definition) is 3. The summed E-state index contributed by atoms with van der Waals surface area (Å²) in [6, 6.07) is 5.52. The smallest absolute Gasteiger partial charge is 0.326 e. The van der Waals surface area contributed by atoms with Gasteiger partial charge in [0.15, 0.2) is 0 Å². The maximum atomic E-state index is 12.6. The van der Waals surface area contributed by atoms with Gasteiger partial charge in [-0.15, -0.1) is 12.4 Å². The van der Waals surface area contributed by atoms with E-state index in [1.54, 1.807) is 23.2 Å². The molecule has 1 aromatic carbocycles. The van der Waals surface area contributed by atoms with Gasteiger partial charge in [-0.2, -0.15) is 0 Å². The Balaban J connectivity index is 0.00000208. The molecule has 1 saturated carbocycles. The summed E-state index contributed by atoms with van der Waals surface area (Å²) in [6.07, 6.45) is 3.81. The molecule has 7 heteroatoms. The zero-order valence-electron chi connectivity index (χ0n) is 14.3. The maximum absolute atomic E-state index is 12.6. The normalized spacial score (nSPS) is 23.8. The van der Waals surface area contributed by atoms with E-state index in [1.165, 1.54) is 0 Å². The molecular formula is C17H25ClN4O2. The van der Waals surface area contributed by atoms with Crippen molar-refractivity contribution in [3.05, 3.63) is 28.7 Å². The highest BCUT2D eigenvalue weighted by Gasteiger charge is 2.37. The number of nitrogens with two attached hydrogens (primary N) is 1. The van der Waals surface area contributed by atoms with Crippen molar-refractivity contribution >= 4 is 35.0 Å². The molecule has 24 heavy (non-hydrogen) atoms. The quantitative estimate of drug-likeness (QED) is 0.868. The second-order valence-electron chi connectivity index (χ2n) is 6.90. The van der Waals surface area contributed by atoms with Gasteiger partial charge in [0.1, 0.15) is 0 Å². The SMILES string of the molecule is Cl.Cn1c(=O)n(C)c2cc(NC(=O)C3CCCCC3(C)N)ccc21. The van der Waals surface area contributed by atoms with Crippen LogP contribution in [0.15, 0.2) is 23.0 Å². The first kappa shape index (κ1) is 18.5. The number of anilines is 1. The summed E-state index contributed by atoms with van der Waals surface area (Å²) >= 11 is 0. The van der Waals surface area contributed by atoms with Crippen LogP contribution in [0.4, 0.5) is 5.69 Å². The van der Waals surface area contributed by atoms with Crippen molar-refractivity contribution in [3.8, 4) is 0 Å². The molecule has 0 spiro atoms. The van der Waals surface area contributed by atoms with Crippen LogP contribution in [-0.4, -0.2) is 20.6 Å². The number of aryl methyl sites for hydroxylation is 2. The fourth-order valence-corrected chi connectivity index (χ4v) is 3.60. The van der Waals surface area contributed by atoms with E-state index < -0.39 is 5.54 Å².